The fraction of sp³-hybridized carbons (Fsp3) is 0.769. The SMILES string of the molecule is O=C(O)CCN1C(=O)NC2(CCCCCCC2)C1=O. The van der Waals surface area contributed by atoms with Gasteiger partial charge in [-0.25, -0.2) is 4.79 Å². The van der Waals surface area contributed by atoms with Crippen molar-refractivity contribution in [3.8, 4) is 0 Å². The minimum absolute atomic E-state index is 0.0399. The minimum Gasteiger partial charge on any atom is -0.481 e. The van der Waals surface area contributed by atoms with Gasteiger partial charge in [0.15, 0.2) is 0 Å². The summed E-state index contributed by atoms with van der Waals surface area (Å²) in [4.78, 5) is 35.9. The average molecular weight is 268 g/mol. The molecule has 106 valence electrons. The third-order valence-electron chi connectivity index (χ3n) is 4.00. The van der Waals surface area contributed by atoms with E-state index in [0.29, 0.717) is 12.8 Å². The van der Waals surface area contributed by atoms with Gasteiger partial charge in [-0.3, -0.25) is 14.5 Å². The largest absolute Gasteiger partial charge is 0.481 e. The molecule has 1 aliphatic heterocycles. The van der Waals surface area contributed by atoms with E-state index >= 15 is 0 Å². The van der Waals surface area contributed by atoms with Crippen LogP contribution in [-0.4, -0.2) is 40.0 Å². The summed E-state index contributed by atoms with van der Waals surface area (Å²) in [5.41, 5.74) is -0.768. The summed E-state index contributed by atoms with van der Waals surface area (Å²) in [6, 6.07) is -0.438. The van der Waals surface area contributed by atoms with Gasteiger partial charge in [0.1, 0.15) is 5.54 Å². The predicted octanol–water partition coefficient (Wildman–Crippen LogP) is 1.50. The van der Waals surface area contributed by atoms with Crippen molar-refractivity contribution < 1.29 is 19.5 Å². The number of carbonyl (C=O) groups excluding carboxylic acids is 2. The molecule has 1 saturated heterocycles. The molecule has 1 heterocycles. The second-order valence-electron chi connectivity index (χ2n) is 5.38. The maximum Gasteiger partial charge on any atom is 0.325 e. The van der Waals surface area contributed by atoms with Gasteiger partial charge in [-0.1, -0.05) is 32.1 Å². The van der Waals surface area contributed by atoms with Gasteiger partial charge in [0.05, 0.1) is 6.42 Å². The summed E-state index contributed by atoms with van der Waals surface area (Å²) in [7, 11) is 0. The average Bonchev–Trinajstić information content (AvgIpc) is 2.55. The highest BCUT2D eigenvalue weighted by molar-refractivity contribution is 6.07. The zero-order valence-corrected chi connectivity index (χ0v) is 11.0. The van der Waals surface area contributed by atoms with Crippen LogP contribution in [0, 0.1) is 0 Å². The van der Waals surface area contributed by atoms with Crippen LogP contribution in [0.3, 0.4) is 0 Å². The Morgan fingerprint density at radius 3 is 2.32 bits per heavy atom. The first kappa shape index (κ1) is 13.8. The maximum absolute atomic E-state index is 12.4. The molecule has 0 bridgehead atoms. The smallest absolute Gasteiger partial charge is 0.325 e. The van der Waals surface area contributed by atoms with Gasteiger partial charge in [-0.2, -0.15) is 0 Å². The Bertz CT molecular complexity index is 386. The lowest BCUT2D eigenvalue weighted by molar-refractivity contribution is -0.138. The second-order valence-corrected chi connectivity index (χ2v) is 5.38. The number of carboxylic acid groups (broad SMARTS) is 1. The normalized spacial score (nSPS) is 23.1. The molecule has 0 unspecified atom stereocenters. The van der Waals surface area contributed by atoms with Gasteiger partial charge >= 0.3 is 12.0 Å². The molecule has 2 fully saturated rings. The van der Waals surface area contributed by atoms with Gasteiger partial charge in [0, 0.05) is 6.54 Å². The third kappa shape index (κ3) is 2.88. The van der Waals surface area contributed by atoms with E-state index in [2.05, 4.69) is 5.32 Å². The minimum atomic E-state index is -1.00. The van der Waals surface area contributed by atoms with E-state index in [1.165, 1.54) is 6.42 Å². The molecule has 2 N–H and O–H groups in total. The quantitative estimate of drug-likeness (QED) is 0.759. The molecule has 2 aliphatic rings. The van der Waals surface area contributed by atoms with E-state index in [4.69, 9.17) is 5.11 Å². The van der Waals surface area contributed by atoms with Crippen molar-refractivity contribution in [2.24, 2.45) is 0 Å². The third-order valence-corrected chi connectivity index (χ3v) is 4.00. The number of amides is 3. The number of nitrogens with zero attached hydrogens (tertiary/aromatic N) is 1. The van der Waals surface area contributed by atoms with Crippen LogP contribution in [0.1, 0.15) is 51.4 Å². The molecule has 6 heteroatoms. The Morgan fingerprint density at radius 1 is 1.16 bits per heavy atom. The van der Waals surface area contributed by atoms with Gasteiger partial charge in [-0.05, 0) is 12.8 Å². The van der Waals surface area contributed by atoms with Crippen molar-refractivity contribution in [3.05, 3.63) is 0 Å². The molecule has 2 rings (SSSR count). The zero-order valence-electron chi connectivity index (χ0n) is 11.0. The Morgan fingerprint density at radius 2 is 1.74 bits per heavy atom. The molecule has 0 radical (unpaired) electrons. The molecule has 0 atom stereocenters. The molecule has 0 aromatic heterocycles. The Hall–Kier alpha value is -1.59. The van der Waals surface area contributed by atoms with Gasteiger partial charge < -0.3 is 10.4 Å². The van der Waals surface area contributed by atoms with Crippen LogP contribution in [0.5, 0.6) is 0 Å². The summed E-state index contributed by atoms with van der Waals surface area (Å²) in [6.45, 7) is -0.0399. The molecule has 0 aromatic rings. The number of rotatable bonds is 3. The van der Waals surface area contributed by atoms with Crippen molar-refractivity contribution in [1.82, 2.24) is 10.2 Å². The fourth-order valence-corrected chi connectivity index (χ4v) is 2.93. The van der Waals surface area contributed by atoms with E-state index in [-0.39, 0.29) is 18.9 Å². The number of hydrogen-bond donors (Lipinski definition) is 2. The molecule has 1 saturated carbocycles. The Labute approximate surface area is 112 Å². The first-order valence-corrected chi connectivity index (χ1v) is 6.91. The Balaban J connectivity index is 2.08. The van der Waals surface area contributed by atoms with E-state index in [1.807, 2.05) is 0 Å². The highest BCUT2D eigenvalue weighted by Gasteiger charge is 2.50. The highest BCUT2D eigenvalue weighted by Crippen LogP contribution is 2.32. The van der Waals surface area contributed by atoms with E-state index < -0.39 is 17.5 Å². The molecular formula is C13H20N2O4. The molecular weight excluding hydrogens is 248 g/mol. The van der Waals surface area contributed by atoms with Crippen LogP contribution in [0.25, 0.3) is 0 Å². The summed E-state index contributed by atoms with van der Waals surface area (Å²) < 4.78 is 0. The lowest BCUT2D eigenvalue weighted by atomic mass is 9.84. The van der Waals surface area contributed by atoms with Gasteiger partial charge in [0.25, 0.3) is 5.91 Å². The van der Waals surface area contributed by atoms with Crippen LogP contribution < -0.4 is 5.32 Å². The number of imide groups is 1. The molecule has 0 aromatic carbocycles. The van der Waals surface area contributed by atoms with Crippen molar-refractivity contribution >= 4 is 17.9 Å². The number of carboxylic acids is 1. The van der Waals surface area contributed by atoms with Crippen LogP contribution in [0.15, 0.2) is 0 Å². The van der Waals surface area contributed by atoms with Crippen LogP contribution in [0.4, 0.5) is 4.79 Å². The fourth-order valence-electron chi connectivity index (χ4n) is 2.93. The monoisotopic (exact) mass is 268 g/mol. The van der Waals surface area contributed by atoms with Crippen molar-refractivity contribution in [1.29, 1.82) is 0 Å². The summed E-state index contributed by atoms with van der Waals surface area (Å²) in [5, 5.41) is 11.5. The number of hydrogen-bond acceptors (Lipinski definition) is 3. The second kappa shape index (κ2) is 5.59. The number of aliphatic carboxylic acids is 1. The van der Waals surface area contributed by atoms with Crippen molar-refractivity contribution in [2.75, 3.05) is 6.54 Å². The molecule has 6 nitrogen and oxygen atoms in total. The molecule has 3 amide bonds. The van der Waals surface area contributed by atoms with Crippen molar-refractivity contribution in [2.45, 2.75) is 56.9 Å². The maximum atomic E-state index is 12.4. The lowest BCUT2D eigenvalue weighted by Crippen LogP contribution is -2.47. The van der Waals surface area contributed by atoms with E-state index in [0.717, 1.165) is 30.6 Å². The standard InChI is InChI=1S/C13H20N2O4/c16-10(17)6-9-15-11(18)13(14-12(15)19)7-4-2-1-3-5-8-13/h1-9H2,(H,14,19)(H,16,17). The summed E-state index contributed by atoms with van der Waals surface area (Å²) in [5.74, 6) is -1.24. The molecule has 1 spiro atoms. The topological polar surface area (TPSA) is 86.7 Å². The summed E-state index contributed by atoms with van der Waals surface area (Å²) in [6.07, 6.45) is 6.34. The lowest BCUT2D eigenvalue weighted by Gasteiger charge is -2.28. The highest BCUT2D eigenvalue weighted by atomic mass is 16.4. The summed E-state index contributed by atoms with van der Waals surface area (Å²) >= 11 is 0. The van der Waals surface area contributed by atoms with E-state index in [9.17, 15) is 14.4 Å². The number of carbonyl (C=O) groups is 3. The number of urea groups is 1. The molecule has 19 heavy (non-hydrogen) atoms. The van der Waals surface area contributed by atoms with Crippen LogP contribution in [0.2, 0.25) is 0 Å². The van der Waals surface area contributed by atoms with Gasteiger partial charge in [-0.15, -0.1) is 0 Å². The molecule has 1 aliphatic carbocycles. The van der Waals surface area contributed by atoms with Crippen LogP contribution >= 0.6 is 0 Å². The number of nitrogens with one attached hydrogen (secondary N) is 1. The first-order valence-electron chi connectivity index (χ1n) is 6.91. The van der Waals surface area contributed by atoms with E-state index in [1.54, 1.807) is 0 Å². The predicted molar refractivity (Wildman–Crippen MR) is 67.5 cm³/mol. The van der Waals surface area contributed by atoms with Crippen molar-refractivity contribution in [3.63, 3.8) is 0 Å². The zero-order chi connectivity index (χ0) is 13.9. The van der Waals surface area contributed by atoms with Gasteiger partial charge in [0.2, 0.25) is 0 Å². The first-order chi connectivity index (χ1) is 9.05. The Kier molecular flexibility index (Phi) is 4.07. The van der Waals surface area contributed by atoms with Crippen LogP contribution in [-0.2, 0) is 9.59 Å².